The molecule has 1 heterocycles. The second-order valence-corrected chi connectivity index (χ2v) is 8.21. The first-order valence-electron chi connectivity index (χ1n) is 10.3. The number of hydrogen-bond donors (Lipinski definition) is 3. The predicted molar refractivity (Wildman–Crippen MR) is 127 cm³/mol. The lowest BCUT2D eigenvalue weighted by Crippen LogP contribution is -2.46. The highest BCUT2D eigenvalue weighted by atomic mass is 32.1. The van der Waals surface area contributed by atoms with E-state index in [0.717, 1.165) is 5.56 Å². The molecular weight excluding hydrogens is 426 g/mol. The average molecular weight is 454 g/mol. The van der Waals surface area contributed by atoms with Crippen LogP contribution in [0.2, 0.25) is 0 Å². The SMILES string of the molecule is COC(=O)c1ccccc1NC(=O)C1=C(C)NC(=S)N[C@@H]1c1ccccc1OCC(C)C. The number of thiocarbonyl (C=S) groups is 1. The van der Waals surface area contributed by atoms with Gasteiger partial charge in [0.15, 0.2) is 5.11 Å². The van der Waals surface area contributed by atoms with Crippen LogP contribution in [0.3, 0.4) is 0 Å². The third-order valence-electron chi connectivity index (χ3n) is 4.90. The normalized spacial score (nSPS) is 15.7. The number of methoxy groups -OCH3 is 1. The van der Waals surface area contributed by atoms with Gasteiger partial charge in [-0.25, -0.2) is 4.79 Å². The van der Waals surface area contributed by atoms with Crippen LogP contribution >= 0.6 is 12.2 Å². The number of ether oxygens (including phenoxy) is 2. The Labute approximate surface area is 193 Å². The highest BCUT2D eigenvalue weighted by Crippen LogP contribution is 2.34. The molecule has 0 aliphatic carbocycles. The Morgan fingerprint density at radius 2 is 1.81 bits per heavy atom. The quantitative estimate of drug-likeness (QED) is 0.432. The smallest absolute Gasteiger partial charge is 0.339 e. The van der Waals surface area contributed by atoms with Crippen LogP contribution < -0.4 is 20.7 Å². The molecule has 1 aliphatic rings. The van der Waals surface area contributed by atoms with E-state index in [1.54, 1.807) is 31.2 Å². The van der Waals surface area contributed by atoms with E-state index in [-0.39, 0.29) is 11.5 Å². The van der Waals surface area contributed by atoms with Crippen molar-refractivity contribution in [2.45, 2.75) is 26.8 Å². The summed E-state index contributed by atoms with van der Waals surface area (Å²) in [6.07, 6.45) is 0. The zero-order valence-electron chi connectivity index (χ0n) is 18.5. The van der Waals surface area contributed by atoms with E-state index in [1.165, 1.54) is 7.11 Å². The second kappa shape index (κ2) is 10.3. The Morgan fingerprint density at radius 1 is 1.12 bits per heavy atom. The molecular formula is C24H27N3O4S. The number of rotatable bonds is 7. The van der Waals surface area contributed by atoms with Crippen molar-refractivity contribution in [1.82, 2.24) is 10.6 Å². The fraction of sp³-hybridized carbons (Fsp3) is 0.292. The largest absolute Gasteiger partial charge is 0.493 e. The van der Waals surface area contributed by atoms with Gasteiger partial charge in [-0.3, -0.25) is 4.79 Å². The number of anilines is 1. The topological polar surface area (TPSA) is 88.7 Å². The molecule has 8 heteroatoms. The molecule has 0 spiro atoms. The van der Waals surface area contributed by atoms with Crippen LogP contribution in [0, 0.1) is 5.92 Å². The Kier molecular flexibility index (Phi) is 7.48. The van der Waals surface area contributed by atoms with Gasteiger partial charge < -0.3 is 25.4 Å². The van der Waals surface area contributed by atoms with Crippen LogP contribution in [-0.2, 0) is 9.53 Å². The first-order valence-corrected chi connectivity index (χ1v) is 10.7. The van der Waals surface area contributed by atoms with Crippen molar-refractivity contribution in [2.75, 3.05) is 19.0 Å². The first kappa shape index (κ1) is 23.3. The molecule has 2 aromatic rings. The molecule has 3 N–H and O–H groups in total. The summed E-state index contributed by atoms with van der Waals surface area (Å²) >= 11 is 5.36. The molecule has 0 saturated carbocycles. The van der Waals surface area contributed by atoms with Gasteiger partial charge in [0, 0.05) is 11.3 Å². The molecule has 0 saturated heterocycles. The third-order valence-corrected chi connectivity index (χ3v) is 5.12. The van der Waals surface area contributed by atoms with Crippen molar-refractivity contribution in [3.8, 4) is 5.75 Å². The van der Waals surface area contributed by atoms with E-state index in [9.17, 15) is 9.59 Å². The minimum absolute atomic E-state index is 0.270. The molecule has 7 nitrogen and oxygen atoms in total. The Bertz CT molecular complexity index is 1060. The van der Waals surface area contributed by atoms with Gasteiger partial charge in [-0.15, -0.1) is 0 Å². The number of allylic oxidation sites excluding steroid dienone is 1. The Balaban J connectivity index is 1.98. The Hall–Kier alpha value is -3.39. The molecule has 0 fully saturated rings. The van der Waals surface area contributed by atoms with Crippen LogP contribution in [0.5, 0.6) is 5.75 Å². The van der Waals surface area contributed by atoms with Crippen molar-refractivity contribution in [2.24, 2.45) is 5.92 Å². The summed E-state index contributed by atoms with van der Waals surface area (Å²) < 4.78 is 10.8. The molecule has 0 unspecified atom stereocenters. The van der Waals surface area contributed by atoms with Crippen LogP contribution in [0.25, 0.3) is 0 Å². The fourth-order valence-electron chi connectivity index (χ4n) is 3.40. The summed E-state index contributed by atoms with van der Waals surface area (Å²) in [5.41, 5.74) is 2.49. The maximum atomic E-state index is 13.4. The van der Waals surface area contributed by atoms with Gasteiger partial charge in [0.1, 0.15) is 5.75 Å². The molecule has 2 aromatic carbocycles. The molecule has 1 aliphatic heterocycles. The van der Waals surface area contributed by atoms with Gasteiger partial charge in [0.2, 0.25) is 0 Å². The number of nitrogens with one attached hydrogen (secondary N) is 3. The van der Waals surface area contributed by atoms with E-state index >= 15 is 0 Å². The standard InChI is InChI=1S/C24H27N3O4S/c1-14(2)13-31-19-12-8-6-10-17(19)21-20(15(3)25-24(32)27-21)22(28)26-18-11-7-5-9-16(18)23(29)30-4/h5-12,14,21H,13H2,1-4H3,(H,26,28)(H2,25,27,32)/t21-/m1/s1. The molecule has 3 rings (SSSR count). The van der Waals surface area contributed by atoms with Crippen LogP contribution in [0.15, 0.2) is 59.8 Å². The lowest BCUT2D eigenvalue weighted by atomic mass is 9.94. The van der Waals surface area contributed by atoms with E-state index in [4.69, 9.17) is 21.7 Å². The van der Waals surface area contributed by atoms with Crippen molar-refractivity contribution in [3.05, 3.63) is 70.9 Å². The van der Waals surface area contributed by atoms with E-state index < -0.39 is 12.0 Å². The summed E-state index contributed by atoms with van der Waals surface area (Å²) in [6, 6.07) is 13.7. The van der Waals surface area contributed by atoms with E-state index in [1.807, 2.05) is 24.3 Å². The molecule has 1 amide bonds. The Morgan fingerprint density at radius 3 is 2.53 bits per heavy atom. The zero-order valence-corrected chi connectivity index (χ0v) is 19.3. The predicted octanol–water partition coefficient (Wildman–Crippen LogP) is 3.94. The minimum Gasteiger partial charge on any atom is -0.493 e. The summed E-state index contributed by atoms with van der Waals surface area (Å²) in [4.78, 5) is 25.5. The number of esters is 1. The van der Waals surface area contributed by atoms with E-state index in [0.29, 0.717) is 40.3 Å². The molecule has 0 bridgehead atoms. The highest BCUT2D eigenvalue weighted by Gasteiger charge is 2.32. The molecule has 32 heavy (non-hydrogen) atoms. The van der Waals surface area contributed by atoms with Crippen molar-refractivity contribution in [1.29, 1.82) is 0 Å². The number of carbonyl (C=O) groups is 2. The van der Waals surface area contributed by atoms with Gasteiger partial charge >= 0.3 is 5.97 Å². The van der Waals surface area contributed by atoms with Gasteiger partial charge in [0.05, 0.1) is 36.6 Å². The zero-order chi connectivity index (χ0) is 23.3. The molecule has 1 atom stereocenters. The van der Waals surface area contributed by atoms with Crippen molar-refractivity contribution < 1.29 is 19.1 Å². The van der Waals surface area contributed by atoms with Gasteiger partial charge in [-0.05, 0) is 43.3 Å². The molecule has 0 radical (unpaired) electrons. The van der Waals surface area contributed by atoms with Crippen LogP contribution in [0.4, 0.5) is 5.69 Å². The number of carbonyl (C=O) groups excluding carboxylic acids is 2. The molecule has 168 valence electrons. The maximum Gasteiger partial charge on any atom is 0.339 e. The maximum absolute atomic E-state index is 13.4. The summed E-state index contributed by atoms with van der Waals surface area (Å²) in [6.45, 7) is 6.48. The fourth-order valence-corrected chi connectivity index (χ4v) is 3.68. The number of amides is 1. The first-order chi connectivity index (χ1) is 15.3. The monoisotopic (exact) mass is 453 g/mol. The summed E-state index contributed by atoms with van der Waals surface area (Å²) in [7, 11) is 1.30. The number of hydrogen-bond acceptors (Lipinski definition) is 5. The van der Waals surface area contributed by atoms with E-state index in [2.05, 4.69) is 29.8 Å². The van der Waals surface area contributed by atoms with Gasteiger partial charge in [-0.1, -0.05) is 44.2 Å². The lowest BCUT2D eigenvalue weighted by Gasteiger charge is -2.31. The second-order valence-electron chi connectivity index (χ2n) is 7.80. The van der Waals surface area contributed by atoms with Crippen molar-refractivity contribution in [3.63, 3.8) is 0 Å². The number of para-hydroxylation sites is 2. The highest BCUT2D eigenvalue weighted by molar-refractivity contribution is 7.80. The minimum atomic E-state index is -0.531. The molecule has 0 aromatic heterocycles. The average Bonchev–Trinajstić information content (AvgIpc) is 2.77. The lowest BCUT2D eigenvalue weighted by molar-refractivity contribution is -0.113. The van der Waals surface area contributed by atoms with Crippen LogP contribution in [-0.4, -0.2) is 30.7 Å². The van der Waals surface area contributed by atoms with Gasteiger partial charge in [0.25, 0.3) is 5.91 Å². The third kappa shape index (κ3) is 5.26. The summed E-state index contributed by atoms with van der Waals surface area (Å²) in [5.74, 6) is 0.123. The summed E-state index contributed by atoms with van der Waals surface area (Å²) in [5, 5.41) is 9.47. The van der Waals surface area contributed by atoms with Gasteiger partial charge in [-0.2, -0.15) is 0 Å². The van der Waals surface area contributed by atoms with Crippen LogP contribution in [0.1, 0.15) is 42.7 Å². The van der Waals surface area contributed by atoms with Crippen molar-refractivity contribution >= 4 is 34.9 Å². The number of benzene rings is 2.